The van der Waals surface area contributed by atoms with Crippen LogP contribution in [0.5, 0.6) is 0 Å². The molecule has 0 saturated carbocycles. The second kappa shape index (κ2) is 4.41. The molecule has 3 aromatic heterocycles. The predicted octanol–water partition coefficient (Wildman–Crippen LogP) is 1.14. The molecule has 0 aliphatic carbocycles. The fourth-order valence-corrected chi connectivity index (χ4v) is 2.29. The maximum Gasteiger partial charge on any atom is 0.183 e. The molecule has 98 valence electrons. The van der Waals surface area contributed by atoms with E-state index in [0.29, 0.717) is 5.82 Å². The molecular weight excluding hydrogens is 252 g/mol. The topological polar surface area (TPSA) is 67.5 Å². The molecule has 20 heavy (non-hydrogen) atoms. The zero-order chi connectivity index (χ0) is 13.4. The standard InChI is InChI=1S/C14H12N6/c1-3-10(9-15-5-1)12-18-14-11(13-16-6-7-17-13)4-2-8-20(14)19-12/h1-5,8-9H,6-7H2,(H,16,17). The highest BCUT2D eigenvalue weighted by atomic mass is 15.3. The van der Waals surface area contributed by atoms with Crippen LogP contribution in [0.4, 0.5) is 0 Å². The largest absolute Gasteiger partial charge is 0.368 e. The Morgan fingerprint density at radius 3 is 3.00 bits per heavy atom. The predicted molar refractivity (Wildman–Crippen MR) is 75.6 cm³/mol. The molecule has 0 fully saturated rings. The van der Waals surface area contributed by atoms with Gasteiger partial charge in [-0.25, -0.2) is 9.50 Å². The second-order valence-corrected chi connectivity index (χ2v) is 4.52. The minimum Gasteiger partial charge on any atom is -0.368 e. The summed E-state index contributed by atoms with van der Waals surface area (Å²) in [5.74, 6) is 1.56. The van der Waals surface area contributed by atoms with Crippen LogP contribution >= 0.6 is 0 Å². The van der Waals surface area contributed by atoms with Gasteiger partial charge in [0, 0.05) is 30.7 Å². The van der Waals surface area contributed by atoms with E-state index in [0.717, 1.165) is 35.7 Å². The van der Waals surface area contributed by atoms with Gasteiger partial charge in [-0.15, -0.1) is 5.10 Å². The van der Waals surface area contributed by atoms with Gasteiger partial charge in [0.2, 0.25) is 0 Å². The van der Waals surface area contributed by atoms with Gasteiger partial charge >= 0.3 is 0 Å². The molecule has 0 atom stereocenters. The van der Waals surface area contributed by atoms with Crippen molar-refractivity contribution < 1.29 is 0 Å². The van der Waals surface area contributed by atoms with Crippen LogP contribution in [0.2, 0.25) is 0 Å². The van der Waals surface area contributed by atoms with Gasteiger partial charge in [0.25, 0.3) is 0 Å². The van der Waals surface area contributed by atoms with Crippen molar-refractivity contribution in [1.29, 1.82) is 0 Å². The van der Waals surface area contributed by atoms with Crippen LogP contribution in [0.15, 0.2) is 47.8 Å². The van der Waals surface area contributed by atoms with Crippen LogP contribution in [0, 0.1) is 0 Å². The Balaban J connectivity index is 1.89. The quantitative estimate of drug-likeness (QED) is 0.753. The number of hydrogen-bond donors (Lipinski definition) is 1. The summed E-state index contributed by atoms with van der Waals surface area (Å²) in [6.07, 6.45) is 5.39. The minimum atomic E-state index is 0.671. The SMILES string of the molecule is c1cncc(-c2nc3c(C4=NCCN4)cccn3n2)c1. The van der Waals surface area contributed by atoms with E-state index in [9.17, 15) is 0 Å². The fraction of sp³-hybridized carbons (Fsp3) is 0.143. The van der Waals surface area contributed by atoms with Crippen LogP contribution in [0.3, 0.4) is 0 Å². The van der Waals surface area contributed by atoms with Gasteiger partial charge < -0.3 is 5.32 Å². The molecule has 6 nitrogen and oxygen atoms in total. The third-order valence-corrected chi connectivity index (χ3v) is 3.21. The Kier molecular flexibility index (Phi) is 2.45. The molecule has 6 heteroatoms. The lowest BCUT2D eigenvalue weighted by Crippen LogP contribution is -2.20. The van der Waals surface area contributed by atoms with Crippen molar-refractivity contribution >= 4 is 11.5 Å². The number of nitrogens with one attached hydrogen (secondary N) is 1. The average molecular weight is 264 g/mol. The molecule has 0 radical (unpaired) electrons. The van der Waals surface area contributed by atoms with E-state index in [1.54, 1.807) is 16.9 Å². The third kappa shape index (κ3) is 1.73. The molecule has 1 aliphatic heterocycles. The molecule has 0 unspecified atom stereocenters. The second-order valence-electron chi connectivity index (χ2n) is 4.52. The zero-order valence-electron chi connectivity index (χ0n) is 10.7. The number of rotatable bonds is 2. The molecule has 4 heterocycles. The number of amidine groups is 1. The first-order valence-electron chi connectivity index (χ1n) is 6.46. The molecule has 1 aliphatic rings. The number of aromatic nitrogens is 4. The summed E-state index contributed by atoms with van der Waals surface area (Å²) in [6, 6.07) is 7.79. The Hall–Kier alpha value is -2.76. The maximum atomic E-state index is 4.62. The van der Waals surface area contributed by atoms with Gasteiger partial charge in [0.1, 0.15) is 5.84 Å². The number of aliphatic imine (C=N–C) groups is 1. The van der Waals surface area contributed by atoms with E-state index in [-0.39, 0.29) is 0 Å². The highest BCUT2D eigenvalue weighted by Gasteiger charge is 2.15. The molecular formula is C14H12N6. The first kappa shape index (κ1) is 11.1. The lowest BCUT2D eigenvalue weighted by Gasteiger charge is -2.02. The fourth-order valence-electron chi connectivity index (χ4n) is 2.29. The highest BCUT2D eigenvalue weighted by Crippen LogP contribution is 2.17. The number of fused-ring (bicyclic) bond motifs is 1. The molecule has 3 aromatic rings. The van der Waals surface area contributed by atoms with Crippen LogP contribution in [-0.4, -0.2) is 38.5 Å². The van der Waals surface area contributed by atoms with Crippen molar-refractivity contribution in [2.24, 2.45) is 4.99 Å². The normalized spacial score (nSPS) is 14.3. The maximum absolute atomic E-state index is 4.62. The molecule has 0 amide bonds. The van der Waals surface area contributed by atoms with E-state index < -0.39 is 0 Å². The third-order valence-electron chi connectivity index (χ3n) is 3.21. The van der Waals surface area contributed by atoms with Gasteiger partial charge in [-0.05, 0) is 24.3 Å². The summed E-state index contributed by atoms with van der Waals surface area (Å²) in [5.41, 5.74) is 2.69. The van der Waals surface area contributed by atoms with E-state index in [1.165, 1.54) is 0 Å². The Bertz CT molecular complexity index is 790. The Labute approximate surface area is 115 Å². The summed E-state index contributed by atoms with van der Waals surface area (Å²) >= 11 is 0. The Morgan fingerprint density at radius 2 is 2.20 bits per heavy atom. The Morgan fingerprint density at radius 1 is 1.20 bits per heavy atom. The van der Waals surface area contributed by atoms with E-state index in [2.05, 4.69) is 25.4 Å². The molecule has 0 spiro atoms. The lowest BCUT2D eigenvalue weighted by molar-refractivity contribution is 0.953. The smallest absolute Gasteiger partial charge is 0.183 e. The van der Waals surface area contributed by atoms with Crippen LogP contribution in [-0.2, 0) is 0 Å². The summed E-state index contributed by atoms with van der Waals surface area (Å²) in [5, 5.41) is 7.77. The monoisotopic (exact) mass is 264 g/mol. The summed E-state index contributed by atoms with van der Waals surface area (Å²) in [6.45, 7) is 1.68. The van der Waals surface area contributed by atoms with Crippen LogP contribution in [0.25, 0.3) is 17.0 Å². The van der Waals surface area contributed by atoms with E-state index in [4.69, 9.17) is 0 Å². The lowest BCUT2D eigenvalue weighted by atomic mass is 10.2. The highest BCUT2D eigenvalue weighted by molar-refractivity contribution is 6.04. The van der Waals surface area contributed by atoms with Crippen molar-refractivity contribution in [3.63, 3.8) is 0 Å². The summed E-state index contributed by atoms with van der Waals surface area (Å²) in [4.78, 5) is 13.2. The molecule has 1 N–H and O–H groups in total. The van der Waals surface area contributed by atoms with E-state index in [1.807, 2.05) is 30.5 Å². The average Bonchev–Trinajstić information content (AvgIpc) is 3.17. The van der Waals surface area contributed by atoms with E-state index >= 15 is 0 Å². The number of hydrogen-bond acceptors (Lipinski definition) is 5. The first-order valence-corrected chi connectivity index (χ1v) is 6.46. The molecule has 0 aromatic carbocycles. The van der Waals surface area contributed by atoms with Gasteiger partial charge in [0.15, 0.2) is 11.5 Å². The van der Waals surface area contributed by atoms with Gasteiger partial charge in [-0.3, -0.25) is 9.98 Å². The van der Waals surface area contributed by atoms with Crippen molar-refractivity contribution in [2.75, 3.05) is 13.1 Å². The number of nitrogens with zero attached hydrogens (tertiary/aromatic N) is 5. The summed E-state index contributed by atoms with van der Waals surface area (Å²) < 4.78 is 1.78. The minimum absolute atomic E-state index is 0.671. The van der Waals surface area contributed by atoms with Gasteiger partial charge in [-0.2, -0.15) is 0 Å². The zero-order valence-corrected chi connectivity index (χ0v) is 10.7. The first-order chi connectivity index (χ1) is 9.92. The summed E-state index contributed by atoms with van der Waals surface area (Å²) in [7, 11) is 0. The van der Waals surface area contributed by atoms with Crippen molar-refractivity contribution in [3.05, 3.63) is 48.4 Å². The molecule has 0 saturated heterocycles. The van der Waals surface area contributed by atoms with Crippen LogP contribution in [0.1, 0.15) is 5.56 Å². The van der Waals surface area contributed by atoms with Gasteiger partial charge in [-0.1, -0.05) is 0 Å². The van der Waals surface area contributed by atoms with Crippen molar-refractivity contribution in [2.45, 2.75) is 0 Å². The number of pyridine rings is 2. The molecule has 4 rings (SSSR count). The molecule has 0 bridgehead atoms. The van der Waals surface area contributed by atoms with Crippen LogP contribution < -0.4 is 5.32 Å². The van der Waals surface area contributed by atoms with Gasteiger partial charge in [0.05, 0.1) is 12.1 Å². The van der Waals surface area contributed by atoms with Crippen molar-refractivity contribution in [3.8, 4) is 11.4 Å². The van der Waals surface area contributed by atoms with Crippen molar-refractivity contribution in [1.82, 2.24) is 24.9 Å².